The predicted molar refractivity (Wildman–Crippen MR) is 232 cm³/mol. The van der Waals surface area contributed by atoms with Crippen LogP contribution in [0.3, 0.4) is 0 Å². The number of rotatable bonds is 19. The Bertz CT molecular complexity index is 1470. The minimum absolute atomic E-state index is 0.00580. The Hall–Kier alpha value is -1.31. The van der Waals surface area contributed by atoms with E-state index in [0.717, 1.165) is 67.5 Å². The highest BCUT2D eigenvalue weighted by Crippen LogP contribution is 2.40. The average Bonchev–Trinajstić information content (AvgIpc) is 3.37. The monoisotopic (exact) mass is 793 g/mol. The van der Waals surface area contributed by atoms with E-state index in [2.05, 4.69) is 145 Å². The fraction of sp³-hybridized carbons (Fsp3) is 0.791. The van der Waals surface area contributed by atoms with Gasteiger partial charge in [-0.1, -0.05) is 109 Å². The minimum atomic E-state index is -3.91. The Balaban J connectivity index is 2.21. The molecule has 0 amide bonds. The zero-order chi connectivity index (χ0) is 40.9. The maximum Gasteiger partial charge on any atom is 0.277 e. The van der Waals surface area contributed by atoms with Gasteiger partial charge in [0, 0.05) is 18.4 Å². The van der Waals surface area contributed by atoms with E-state index < -0.39 is 26.7 Å². The molecule has 1 heterocycles. The minimum Gasteiger partial charge on any atom is -0.417 e. The zero-order valence-electron chi connectivity index (χ0n) is 37.2. The molecule has 0 unspecified atom stereocenters. The van der Waals surface area contributed by atoms with Gasteiger partial charge in [-0.05, 0) is 128 Å². The number of nitrogens with one attached hydrogen (secondary N) is 1. The summed E-state index contributed by atoms with van der Waals surface area (Å²) in [6, 6.07) is 4.13. The zero-order valence-corrected chi connectivity index (χ0v) is 40.1. The summed E-state index contributed by atoms with van der Waals surface area (Å²) >= 11 is 0. The summed E-state index contributed by atoms with van der Waals surface area (Å²) in [6.45, 7) is 44.6. The van der Waals surface area contributed by atoms with Crippen molar-refractivity contribution in [2.45, 2.75) is 213 Å². The lowest BCUT2D eigenvalue weighted by Crippen LogP contribution is -2.44. The van der Waals surface area contributed by atoms with Gasteiger partial charge in [0.1, 0.15) is 0 Å². The number of benzene rings is 1. The summed E-state index contributed by atoms with van der Waals surface area (Å²) in [7, 11) is -7.75. The molecule has 1 aromatic rings. The second kappa shape index (κ2) is 18.8. The van der Waals surface area contributed by atoms with Crippen LogP contribution in [0.15, 0.2) is 34.3 Å². The molecule has 306 valence electrons. The van der Waals surface area contributed by atoms with Gasteiger partial charge in [-0.2, -0.15) is 13.5 Å². The summed E-state index contributed by atoms with van der Waals surface area (Å²) in [5, 5.41) is 4.81. The molecule has 53 heavy (non-hydrogen) atoms. The summed E-state index contributed by atoms with van der Waals surface area (Å²) in [4.78, 5) is 3.02. The number of hydrazone groups is 1. The highest BCUT2D eigenvalue weighted by Gasteiger charge is 2.40. The quantitative estimate of drug-likeness (QED) is 0.0496. The molecule has 0 aliphatic carbocycles. The molecule has 0 aromatic heterocycles. The summed E-state index contributed by atoms with van der Waals surface area (Å²) < 4.78 is 48.1. The Labute approximate surface area is 329 Å². The van der Waals surface area contributed by atoms with Crippen LogP contribution in [0.25, 0.3) is 0 Å². The smallest absolute Gasteiger partial charge is 0.277 e. The molecule has 1 aliphatic heterocycles. The van der Waals surface area contributed by atoms with E-state index in [0.29, 0.717) is 10.8 Å². The van der Waals surface area contributed by atoms with Crippen LogP contribution in [0, 0.1) is 5.92 Å². The van der Waals surface area contributed by atoms with Gasteiger partial charge in [-0.3, -0.25) is 0 Å². The van der Waals surface area contributed by atoms with Crippen molar-refractivity contribution in [3.05, 3.63) is 41.0 Å². The fourth-order valence-corrected chi connectivity index (χ4v) is 10.4. The van der Waals surface area contributed by atoms with E-state index >= 15 is 0 Å². The Morgan fingerprint density at radius 3 is 1.91 bits per heavy atom. The largest absolute Gasteiger partial charge is 0.417 e. The molecule has 1 saturated heterocycles. The number of nitrogens with zero attached hydrogens (tertiary/aromatic N) is 1. The third-order valence-electron chi connectivity index (χ3n) is 12.3. The Morgan fingerprint density at radius 1 is 0.906 bits per heavy atom. The van der Waals surface area contributed by atoms with Crippen LogP contribution in [0.2, 0.25) is 36.3 Å². The van der Waals surface area contributed by atoms with Crippen molar-refractivity contribution in [3.8, 4) is 0 Å². The van der Waals surface area contributed by atoms with Crippen LogP contribution in [0.4, 0.5) is 0 Å². The van der Waals surface area contributed by atoms with Gasteiger partial charge in [0.05, 0.1) is 17.1 Å². The maximum atomic E-state index is 14.0. The lowest BCUT2D eigenvalue weighted by Gasteiger charge is -2.40. The summed E-state index contributed by atoms with van der Waals surface area (Å²) in [5.74, 6) is 0.402. The normalized spacial score (nSPS) is 19.5. The van der Waals surface area contributed by atoms with Crippen LogP contribution in [0.5, 0.6) is 0 Å². The van der Waals surface area contributed by atoms with Crippen LogP contribution in [-0.4, -0.2) is 55.7 Å². The van der Waals surface area contributed by atoms with Crippen LogP contribution in [-0.2, 0) is 23.6 Å². The third kappa shape index (κ3) is 13.4. The maximum absolute atomic E-state index is 14.0. The summed E-state index contributed by atoms with van der Waals surface area (Å²) in [5.41, 5.74) is 4.76. The molecule has 0 spiro atoms. The first kappa shape index (κ1) is 47.8. The molecular weight excluding hydrogens is 713 g/mol. The van der Waals surface area contributed by atoms with E-state index in [-0.39, 0.29) is 46.1 Å². The van der Waals surface area contributed by atoms with Crippen molar-refractivity contribution in [2.24, 2.45) is 11.0 Å². The Morgan fingerprint density at radius 2 is 1.43 bits per heavy atom. The van der Waals surface area contributed by atoms with Crippen molar-refractivity contribution in [3.63, 3.8) is 0 Å². The predicted octanol–water partition coefficient (Wildman–Crippen LogP) is 12.4. The molecule has 1 N–H and O–H groups in total. The van der Waals surface area contributed by atoms with Crippen molar-refractivity contribution in [2.75, 3.05) is 6.61 Å². The molecule has 7 nitrogen and oxygen atoms in total. The van der Waals surface area contributed by atoms with Crippen molar-refractivity contribution < 1.29 is 22.0 Å². The molecular formula is C43H80N2O5SSi2. The first-order valence-electron chi connectivity index (χ1n) is 20.4. The standard InChI is InChI=1S/C43H80N2O5SSi2/c1-29(2)35-27-38(30(3)4)41(39(28-35)31(5)6)51(46,47)45-44-34(9)32(7)25-37(50-53(18,19)43(13,14)15)22-23-40-33(8)26-36(49-40)21-20-24-48-52(16,17)42(10,11)12/h27-32,36-37,40,45H,8,20-26H2,1-7,9-19H3/b44-34+/t32-,36+,37-,40+/m1/s1. The molecule has 0 radical (unpaired) electrons. The van der Waals surface area contributed by atoms with Gasteiger partial charge in [0.15, 0.2) is 16.6 Å². The second-order valence-electron chi connectivity index (χ2n) is 19.9. The van der Waals surface area contributed by atoms with Crippen LogP contribution in [0.1, 0.15) is 170 Å². The molecule has 1 aliphatic rings. The van der Waals surface area contributed by atoms with Gasteiger partial charge in [0.25, 0.3) is 10.0 Å². The lowest BCUT2D eigenvalue weighted by atomic mass is 9.89. The third-order valence-corrected chi connectivity index (χ3v) is 22.7. The molecule has 10 heteroatoms. The van der Waals surface area contributed by atoms with Crippen LogP contribution < -0.4 is 4.83 Å². The topological polar surface area (TPSA) is 86.2 Å². The van der Waals surface area contributed by atoms with Crippen LogP contribution >= 0.6 is 0 Å². The first-order chi connectivity index (χ1) is 24.0. The first-order valence-corrected chi connectivity index (χ1v) is 27.7. The fourth-order valence-electron chi connectivity index (χ4n) is 6.31. The molecule has 0 bridgehead atoms. The van der Waals surface area contributed by atoms with Gasteiger partial charge >= 0.3 is 0 Å². The van der Waals surface area contributed by atoms with E-state index in [1.165, 1.54) is 5.57 Å². The number of hydrogen-bond donors (Lipinski definition) is 1. The van der Waals surface area contributed by atoms with E-state index in [9.17, 15) is 8.42 Å². The van der Waals surface area contributed by atoms with Gasteiger partial charge in [-0.15, -0.1) is 0 Å². The van der Waals surface area contributed by atoms with E-state index in [1.54, 1.807) is 0 Å². The molecule has 0 saturated carbocycles. The second-order valence-corrected chi connectivity index (χ2v) is 31.1. The molecule has 1 aromatic carbocycles. The van der Waals surface area contributed by atoms with Gasteiger partial charge < -0.3 is 13.6 Å². The number of sulfonamides is 1. The van der Waals surface area contributed by atoms with E-state index in [1.807, 2.05) is 6.92 Å². The highest BCUT2D eigenvalue weighted by atomic mass is 32.2. The van der Waals surface area contributed by atoms with Crippen molar-refractivity contribution in [1.82, 2.24) is 4.83 Å². The average molecular weight is 793 g/mol. The highest BCUT2D eigenvalue weighted by molar-refractivity contribution is 7.89. The van der Waals surface area contributed by atoms with E-state index in [4.69, 9.17) is 13.6 Å². The Kier molecular flexibility index (Phi) is 16.9. The molecule has 4 atom stereocenters. The number of hydrogen-bond acceptors (Lipinski definition) is 6. The van der Waals surface area contributed by atoms with Gasteiger partial charge in [-0.25, -0.2) is 4.83 Å². The van der Waals surface area contributed by atoms with Crippen molar-refractivity contribution >= 4 is 32.4 Å². The molecule has 2 rings (SSSR count). The SMILES string of the molecule is C=C1C[C@H](CCCO[Si](C)(C)C(C)(C)C)O[C@H]1CC[C@H](C[C@@H](C)/C(C)=N/NS(=O)(=O)c1c(C(C)C)cc(C(C)C)cc1C(C)C)O[Si](C)(C)C(C)(C)C. The summed E-state index contributed by atoms with van der Waals surface area (Å²) in [6.07, 6.45) is 5.52. The van der Waals surface area contributed by atoms with Gasteiger partial charge in [0.2, 0.25) is 0 Å². The van der Waals surface area contributed by atoms with Crippen molar-refractivity contribution in [1.29, 1.82) is 0 Å². The lowest BCUT2D eigenvalue weighted by molar-refractivity contribution is 0.0307. The molecule has 1 fully saturated rings. The number of ether oxygens (including phenoxy) is 1.